The number of nitrogens with one attached hydrogen (secondary N) is 1. The highest BCUT2D eigenvalue weighted by atomic mass is 16.3. The molecule has 1 aromatic heterocycles. The van der Waals surface area contributed by atoms with Gasteiger partial charge in [-0.1, -0.05) is 54.1 Å². The topological polar surface area (TPSA) is 42.2 Å². The van der Waals surface area contributed by atoms with Crippen LogP contribution in [0.1, 0.15) is 34.1 Å². The first-order valence-electron chi connectivity index (χ1n) is 8.27. The van der Waals surface area contributed by atoms with Gasteiger partial charge in [0, 0.05) is 6.08 Å². The minimum atomic E-state index is -0.199. The molecule has 0 saturated heterocycles. The van der Waals surface area contributed by atoms with Crippen molar-refractivity contribution in [2.45, 2.75) is 19.9 Å². The molecule has 3 aromatic rings. The lowest BCUT2D eigenvalue weighted by molar-refractivity contribution is -0.116. The van der Waals surface area contributed by atoms with Crippen molar-refractivity contribution in [2.75, 3.05) is 0 Å². The third kappa shape index (κ3) is 4.27. The normalized spacial score (nSPS) is 12.2. The lowest BCUT2D eigenvalue weighted by Gasteiger charge is -2.21. The molecule has 25 heavy (non-hydrogen) atoms. The van der Waals surface area contributed by atoms with E-state index in [-0.39, 0.29) is 11.9 Å². The second kappa shape index (κ2) is 7.67. The van der Waals surface area contributed by atoms with E-state index in [0.29, 0.717) is 5.76 Å². The number of furan rings is 1. The molecule has 0 radical (unpaired) electrons. The Balaban J connectivity index is 1.89. The van der Waals surface area contributed by atoms with Crippen LogP contribution in [0.25, 0.3) is 6.08 Å². The molecular weight excluding hydrogens is 310 g/mol. The molecule has 0 aliphatic heterocycles. The molecule has 0 aliphatic carbocycles. The molecule has 1 atom stereocenters. The molecule has 3 rings (SSSR count). The van der Waals surface area contributed by atoms with Gasteiger partial charge in [-0.3, -0.25) is 4.79 Å². The Labute approximate surface area is 148 Å². The van der Waals surface area contributed by atoms with Gasteiger partial charge >= 0.3 is 0 Å². The number of hydrogen-bond donors (Lipinski definition) is 1. The smallest absolute Gasteiger partial charge is 0.244 e. The van der Waals surface area contributed by atoms with Gasteiger partial charge in [-0.25, -0.2) is 0 Å². The molecule has 3 nitrogen and oxygen atoms in total. The molecule has 0 bridgehead atoms. The number of benzene rings is 2. The van der Waals surface area contributed by atoms with E-state index in [4.69, 9.17) is 4.42 Å². The summed E-state index contributed by atoms with van der Waals surface area (Å²) in [6, 6.07) is 19.7. The summed E-state index contributed by atoms with van der Waals surface area (Å²) in [5.41, 5.74) is 4.47. The molecule has 126 valence electrons. The van der Waals surface area contributed by atoms with Crippen molar-refractivity contribution in [1.82, 2.24) is 5.32 Å². The van der Waals surface area contributed by atoms with Crippen molar-refractivity contribution in [1.29, 1.82) is 0 Å². The summed E-state index contributed by atoms with van der Waals surface area (Å²) in [7, 11) is 0. The van der Waals surface area contributed by atoms with Gasteiger partial charge in [0.05, 0.1) is 12.3 Å². The van der Waals surface area contributed by atoms with E-state index < -0.39 is 0 Å². The van der Waals surface area contributed by atoms with Crippen LogP contribution >= 0.6 is 0 Å². The molecule has 2 aromatic carbocycles. The molecule has 0 spiro atoms. The van der Waals surface area contributed by atoms with Crippen molar-refractivity contribution < 1.29 is 9.21 Å². The molecule has 1 amide bonds. The summed E-state index contributed by atoms with van der Waals surface area (Å²) in [5, 5.41) is 3.11. The van der Waals surface area contributed by atoms with Crippen LogP contribution in [0.5, 0.6) is 0 Å². The van der Waals surface area contributed by atoms with Crippen molar-refractivity contribution in [3.63, 3.8) is 0 Å². The average molecular weight is 331 g/mol. The quantitative estimate of drug-likeness (QED) is 0.681. The SMILES string of the molecule is Cc1ccc(C)c(C(NC(=O)C=Cc2ccco2)c2ccccc2)c1. The first kappa shape index (κ1) is 16.8. The van der Waals surface area contributed by atoms with E-state index in [9.17, 15) is 4.79 Å². The largest absolute Gasteiger partial charge is 0.465 e. The van der Waals surface area contributed by atoms with E-state index in [1.165, 1.54) is 11.6 Å². The molecule has 1 heterocycles. The third-order valence-electron chi connectivity index (χ3n) is 4.11. The zero-order chi connectivity index (χ0) is 17.6. The number of carbonyl (C=O) groups excluding carboxylic acids is 1. The number of amides is 1. The maximum Gasteiger partial charge on any atom is 0.244 e. The fourth-order valence-electron chi connectivity index (χ4n) is 2.79. The summed E-state index contributed by atoms with van der Waals surface area (Å²) in [6.07, 6.45) is 4.75. The number of carbonyl (C=O) groups is 1. The first-order valence-corrected chi connectivity index (χ1v) is 8.27. The Bertz CT molecular complexity index is 864. The van der Waals surface area contributed by atoms with Gasteiger partial charge in [0.15, 0.2) is 0 Å². The summed E-state index contributed by atoms with van der Waals surface area (Å²) < 4.78 is 5.23. The van der Waals surface area contributed by atoms with E-state index in [2.05, 4.69) is 37.4 Å². The Kier molecular flexibility index (Phi) is 5.14. The predicted molar refractivity (Wildman–Crippen MR) is 100 cm³/mol. The Morgan fingerprint density at radius 3 is 2.56 bits per heavy atom. The van der Waals surface area contributed by atoms with Crippen molar-refractivity contribution in [2.24, 2.45) is 0 Å². The zero-order valence-electron chi connectivity index (χ0n) is 14.4. The second-order valence-corrected chi connectivity index (χ2v) is 6.06. The maximum absolute atomic E-state index is 12.5. The fraction of sp³-hybridized carbons (Fsp3) is 0.136. The van der Waals surface area contributed by atoms with Crippen LogP contribution in [0, 0.1) is 13.8 Å². The van der Waals surface area contributed by atoms with Gasteiger partial charge in [0.1, 0.15) is 5.76 Å². The van der Waals surface area contributed by atoms with Crippen LogP contribution in [0.3, 0.4) is 0 Å². The Hall–Kier alpha value is -3.07. The van der Waals surface area contributed by atoms with Gasteiger partial charge in [-0.2, -0.15) is 0 Å². The van der Waals surface area contributed by atoms with Crippen LogP contribution in [-0.2, 0) is 4.79 Å². The van der Waals surface area contributed by atoms with E-state index >= 15 is 0 Å². The lowest BCUT2D eigenvalue weighted by Crippen LogP contribution is -2.28. The highest BCUT2D eigenvalue weighted by molar-refractivity contribution is 5.92. The second-order valence-electron chi connectivity index (χ2n) is 6.06. The van der Waals surface area contributed by atoms with E-state index in [0.717, 1.165) is 16.7 Å². The van der Waals surface area contributed by atoms with Gasteiger partial charge in [-0.05, 0) is 48.7 Å². The van der Waals surface area contributed by atoms with Crippen molar-refractivity contribution in [3.8, 4) is 0 Å². The summed E-state index contributed by atoms with van der Waals surface area (Å²) in [5.74, 6) is 0.490. The number of aryl methyl sites for hydroxylation is 2. The Morgan fingerprint density at radius 1 is 1.04 bits per heavy atom. The van der Waals surface area contributed by atoms with Crippen molar-refractivity contribution in [3.05, 3.63) is 101 Å². The molecule has 1 N–H and O–H groups in total. The standard InChI is InChI=1S/C22H21NO2/c1-16-10-11-17(2)20(15-16)22(18-7-4-3-5-8-18)23-21(24)13-12-19-9-6-14-25-19/h3-15,22H,1-2H3,(H,23,24). The summed E-state index contributed by atoms with van der Waals surface area (Å²) >= 11 is 0. The molecule has 0 aliphatic rings. The maximum atomic E-state index is 12.5. The van der Waals surface area contributed by atoms with Gasteiger partial charge in [0.2, 0.25) is 5.91 Å². The predicted octanol–water partition coefficient (Wildman–Crippen LogP) is 4.82. The lowest BCUT2D eigenvalue weighted by atomic mass is 9.93. The summed E-state index contributed by atoms with van der Waals surface area (Å²) in [4.78, 5) is 12.5. The van der Waals surface area contributed by atoms with Gasteiger partial charge < -0.3 is 9.73 Å². The monoisotopic (exact) mass is 331 g/mol. The van der Waals surface area contributed by atoms with E-state index in [1.54, 1.807) is 18.4 Å². The van der Waals surface area contributed by atoms with Gasteiger partial charge in [0.25, 0.3) is 0 Å². The molecule has 1 unspecified atom stereocenters. The molecular formula is C22H21NO2. The zero-order valence-corrected chi connectivity index (χ0v) is 14.4. The Morgan fingerprint density at radius 2 is 1.84 bits per heavy atom. The van der Waals surface area contributed by atoms with Crippen LogP contribution in [0.15, 0.2) is 77.4 Å². The van der Waals surface area contributed by atoms with Crippen LogP contribution in [-0.4, -0.2) is 5.91 Å². The molecule has 0 fully saturated rings. The fourth-order valence-corrected chi connectivity index (χ4v) is 2.79. The first-order chi connectivity index (χ1) is 12.1. The average Bonchev–Trinajstić information content (AvgIpc) is 3.14. The number of rotatable bonds is 5. The summed E-state index contributed by atoms with van der Waals surface area (Å²) in [6.45, 7) is 4.12. The third-order valence-corrected chi connectivity index (χ3v) is 4.11. The minimum Gasteiger partial charge on any atom is -0.465 e. The van der Waals surface area contributed by atoms with Gasteiger partial charge in [-0.15, -0.1) is 0 Å². The van der Waals surface area contributed by atoms with E-state index in [1.807, 2.05) is 36.4 Å². The van der Waals surface area contributed by atoms with Crippen LogP contribution in [0.2, 0.25) is 0 Å². The molecule has 3 heteroatoms. The molecule has 0 saturated carbocycles. The van der Waals surface area contributed by atoms with Crippen LogP contribution < -0.4 is 5.32 Å². The van der Waals surface area contributed by atoms with Crippen LogP contribution in [0.4, 0.5) is 0 Å². The number of hydrogen-bond acceptors (Lipinski definition) is 2. The minimum absolute atomic E-state index is 0.161. The highest BCUT2D eigenvalue weighted by Gasteiger charge is 2.17. The van der Waals surface area contributed by atoms with Crippen molar-refractivity contribution >= 4 is 12.0 Å². The highest BCUT2D eigenvalue weighted by Crippen LogP contribution is 2.26.